The smallest absolute Gasteiger partial charge is 0.229 e. The topological polar surface area (TPSA) is 39.4 Å². The third-order valence-electron chi connectivity index (χ3n) is 4.39. The van der Waals surface area contributed by atoms with E-state index < -0.39 is 5.60 Å². The maximum Gasteiger partial charge on any atom is 0.229 e. The zero-order valence-electron chi connectivity index (χ0n) is 12.6. The van der Waals surface area contributed by atoms with Crippen molar-refractivity contribution in [2.24, 2.45) is 0 Å². The molecular weight excluding hydrogens is 264 g/mol. The average Bonchev–Trinajstić information content (AvgIpc) is 2.79. The van der Waals surface area contributed by atoms with Crippen molar-refractivity contribution in [3.8, 4) is 0 Å². The fraction of sp³-hybridized carbons (Fsp3) is 0.500. The minimum atomic E-state index is -0.681. The summed E-state index contributed by atoms with van der Waals surface area (Å²) in [4.78, 5) is 13.0. The molecule has 3 nitrogen and oxygen atoms in total. The molecule has 1 aliphatic rings. The van der Waals surface area contributed by atoms with E-state index in [0.717, 1.165) is 36.7 Å². The lowest BCUT2D eigenvalue weighted by Gasteiger charge is -2.30. The molecule has 0 aliphatic heterocycles. The van der Waals surface area contributed by atoms with Crippen LogP contribution in [0.3, 0.4) is 0 Å². The summed E-state index contributed by atoms with van der Waals surface area (Å²) in [6.45, 7) is 2.52. The highest BCUT2D eigenvalue weighted by molar-refractivity contribution is 6.03. The zero-order valence-corrected chi connectivity index (χ0v) is 12.6. The molecule has 1 fully saturated rings. The van der Waals surface area contributed by atoms with Gasteiger partial charge in [0.05, 0.1) is 0 Å². The van der Waals surface area contributed by atoms with Gasteiger partial charge in [0.15, 0.2) is 5.76 Å². The monoisotopic (exact) mass is 286 g/mol. The quantitative estimate of drug-likeness (QED) is 0.601. The Morgan fingerprint density at radius 2 is 1.90 bits per heavy atom. The van der Waals surface area contributed by atoms with Crippen LogP contribution in [-0.2, 0) is 4.74 Å². The number of ketones is 1. The maximum atomic E-state index is 13.0. The van der Waals surface area contributed by atoms with Crippen molar-refractivity contribution in [1.82, 2.24) is 0 Å². The van der Waals surface area contributed by atoms with Crippen molar-refractivity contribution >= 4 is 16.8 Å². The molecule has 21 heavy (non-hydrogen) atoms. The second kappa shape index (κ2) is 6.02. The number of para-hydroxylation sites is 1. The third-order valence-corrected chi connectivity index (χ3v) is 4.39. The lowest BCUT2D eigenvalue weighted by atomic mass is 9.88. The zero-order chi connectivity index (χ0) is 14.7. The molecule has 0 unspecified atom stereocenters. The molecule has 0 bridgehead atoms. The van der Waals surface area contributed by atoms with E-state index in [4.69, 9.17) is 9.15 Å². The van der Waals surface area contributed by atoms with Gasteiger partial charge in [0, 0.05) is 12.0 Å². The van der Waals surface area contributed by atoms with Crippen LogP contribution in [-0.4, -0.2) is 18.0 Å². The first-order chi connectivity index (χ1) is 10.2. The number of Topliss-reactive ketones (excluding diaryl/α,β-unsaturated/α-hetero) is 1. The van der Waals surface area contributed by atoms with Gasteiger partial charge in [-0.2, -0.15) is 0 Å². The van der Waals surface area contributed by atoms with Gasteiger partial charge >= 0.3 is 0 Å². The van der Waals surface area contributed by atoms with Crippen LogP contribution >= 0.6 is 0 Å². The predicted molar refractivity (Wildman–Crippen MR) is 82.6 cm³/mol. The first kappa shape index (κ1) is 14.3. The Hall–Kier alpha value is -1.61. The minimum Gasteiger partial charge on any atom is -0.453 e. The van der Waals surface area contributed by atoms with E-state index >= 15 is 0 Å². The van der Waals surface area contributed by atoms with Gasteiger partial charge in [-0.05, 0) is 31.9 Å². The van der Waals surface area contributed by atoms with E-state index in [1.165, 1.54) is 12.8 Å². The summed E-state index contributed by atoms with van der Waals surface area (Å²) in [5.41, 5.74) is 0.0835. The van der Waals surface area contributed by atoms with Crippen LogP contribution in [0.1, 0.15) is 56.0 Å². The van der Waals surface area contributed by atoms with Crippen LogP contribution in [0.2, 0.25) is 0 Å². The predicted octanol–water partition coefficient (Wildman–Crippen LogP) is 4.75. The van der Waals surface area contributed by atoms with Gasteiger partial charge in [-0.25, -0.2) is 0 Å². The number of carbonyl (C=O) groups excluding carboxylic acids is 1. The number of hydrogen-bond donors (Lipinski definition) is 0. The molecule has 3 heteroatoms. The number of fused-ring (bicyclic) bond motifs is 1. The van der Waals surface area contributed by atoms with Crippen molar-refractivity contribution in [2.45, 2.75) is 51.0 Å². The number of hydrogen-bond acceptors (Lipinski definition) is 3. The molecule has 0 spiro atoms. The highest BCUT2D eigenvalue weighted by Gasteiger charge is 2.41. The maximum absolute atomic E-state index is 13.0. The first-order valence-corrected chi connectivity index (χ1v) is 7.92. The molecule has 0 radical (unpaired) electrons. The molecule has 1 aromatic carbocycles. The van der Waals surface area contributed by atoms with Crippen LogP contribution in [0.4, 0.5) is 0 Å². The standard InChI is InChI=1S/C18H22O3/c1-2-20-18(11-7-3-4-8-12-18)17(19)16-13-14-9-5-6-10-15(14)21-16/h5-6,9-10,13H,2-4,7-8,11-12H2,1H3. The van der Waals surface area contributed by atoms with Gasteiger partial charge in [-0.1, -0.05) is 43.9 Å². The number of furan rings is 1. The lowest BCUT2D eigenvalue weighted by molar-refractivity contribution is -0.0307. The normalized spacial score (nSPS) is 18.5. The van der Waals surface area contributed by atoms with E-state index in [2.05, 4.69) is 0 Å². The number of benzene rings is 1. The van der Waals surface area contributed by atoms with Crippen molar-refractivity contribution in [2.75, 3.05) is 6.61 Å². The lowest BCUT2D eigenvalue weighted by Crippen LogP contribution is -2.41. The second-order valence-corrected chi connectivity index (χ2v) is 5.82. The summed E-state index contributed by atoms with van der Waals surface area (Å²) in [6, 6.07) is 9.59. The number of carbonyl (C=O) groups is 1. The molecule has 0 atom stereocenters. The molecule has 1 aliphatic carbocycles. The van der Waals surface area contributed by atoms with Gasteiger partial charge in [0.1, 0.15) is 11.2 Å². The Labute approximate surface area is 125 Å². The van der Waals surface area contributed by atoms with Crippen LogP contribution < -0.4 is 0 Å². The molecule has 1 aromatic heterocycles. The Balaban J connectivity index is 1.96. The largest absolute Gasteiger partial charge is 0.453 e. The SMILES string of the molecule is CCOC1(C(=O)c2cc3ccccc3o2)CCCCCC1. The summed E-state index contributed by atoms with van der Waals surface area (Å²) in [5, 5.41) is 0.973. The van der Waals surface area contributed by atoms with Crippen molar-refractivity contribution < 1.29 is 13.9 Å². The van der Waals surface area contributed by atoms with Gasteiger partial charge < -0.3 is 9.15 Å². The van der Waals surface area contributed by atoms with Gasteiger partial charge in [-0.15, -0.1) is 0 Å². The summed E-state index contributed by atoms with van der Waals surface area (Å²) >= 11 is 0. The van der Waals surface area contributed by atoms with Gasteiger partial charge in [-0.3, -0.25) is 4.79 Å². The fourth-order valence-corrected chi connectivity index (χ4v) is 3.33. The highest BCUT2D eigenvalue weighted by atomic mass is 16.5. The Morgan fingerprint density at radius 1 is 1.19 bits per heavy atom. The number of ether oxygens (including phenoxy) is 1. The first-order valence-electron chi connectivity index (χ1n) is 7.92. The van der Waals surface area contributed by atoms with Crippen molar-refractivity contribution in [1.29, 1.82) is 0 Å². The van der Waals surface area contributed by atoms with Gasteiger partial charge in [0.2, 0.25) is 5.78 Å². The van der Waals surface area contributed by atoms with Crippen LogP contribution in [0.5, 0.6) is 0 Å². The molecule has 112 valence electrons. The van der Waals surface area contributed by atoms with E-state index in [0.29, 0.717) is 12.4 Å². The van der Waals surface area contributed by atoms with E-state index in [1.54, 1.807) is 0 Å². The summed E-state index contributed by atoms with van der Waals surface area (Å²) in [5.74, 6) is 0.453. The summed E-state index contributed by atoms with van der Waals surface area (Å²) in [6.07, 6.45) is 6.07. The minimum absolute atomic E-state index is 0.0162. The average molecular weight is 286 g/mol. The third kappa shape index (κ3) is 2.75. The molecule has 2 aromatic rings. The van der Waals surface area contributed by atoms with E-state index in [-0.39, 0.29) is 5.78 Å². The molecule has 0 amide bonds. The molecule has 0 saturated heterocycles. The van der Waals surface area contributed by atoms with Crippen molar-refractivity contribution in [3.63, 3.8) is 0 Å². The molecule has 3 rings (SSSR count). The molecule has 1 saturated carbocycles. The van der Waals surface area contributed by atoms with E-state index in [1.807, 2.05) is 37.3 Å². The van der Waals surface area contributed by atoms with Crippen LogP contribution in [0.25, 0.3) is 11.0 Å². The van der Waals surface area contributed by atoms with Crippen LogP contribution in [0, 0.1) is 0 Å². The molecular formula is C18H22O3. The Bertz CT molecular complexity index is 585. The summed E-state index contributed by atoms with van der Waals surface area (Å²) in [7, 11) is 0. The summed E-state index contributed by atoms with van der Waals surface area (Å²) < 4.78 is 11.7. The van der Waals surface area contributed by atoms with Crippen LogP contribution in [0.15, 0.2) is 34.7 Å². The molecule has 0 N–H and O–H groups in total. The van der Waals surface area contributed by atoms with E-state index in [9.17, 15) is 4.79 Å². The molecule has 1 heterocycles. The Morgan fingerprint density at radius 3 is 2.57 bits per heavy atom. The second-order valence-electron chi connectivity index (χ2n) is 5.82. The Kier molecular flexibility index (Phi) is 4.11. The van der Waals surface area contributed by atoms with Gasteiger partial charge in [0.25, 0.3) is 0 Å². The highest BCUT2D eigenvalue weighted by Crippen LogP contribution is 2.35. The number of rotatable bonds is 4. The fourth-order valence-electron chi connectivity index (χ4n) is 3.33. The van der Waals surface area contributed by atoms with Crippen molar-refractivity contribution in [3.05, 3.63) is 36.1 Å².